The SMILES string of the molecule is O=Cc1ccc2oc(-c3cc(Cl)ccc3Cl)nc2c1. The van der Waals surface area contributed by atoms with Crippen molar-refractivity contribution in [2.45, 2.75) is 0 Å². The first-order valence-corrected chi connectivity index (χ1v) is 6.24. The molecule has 0 amide bonds. The number of carbonyl (C=O) groups excluding carboxylic acids is 1. The minimum atomic E-state index is 0.380. The minimum Gasteiger partial charge on any atom is -0.436 e. The number of aldehydes is 1. The normalized spacial score (nSPS) is 10.8. The fourth-order valence-electron chi connectivity index (χ4n) is 1.79. The number of fused-ring (bicyclic) bond motifs is 1. The third-order valence-electron chi connectivity index (χ3n) is 2.71. The third-order valence-corrected chi connectivity index (χ3v) is 3.27. The van der Waals surface area contributed by atoms with Crippen molar-refractivity contribution in [3.63, 3.8) is 0 Å². The van der Waals surface area contributed by atoms with Gasteiger partial charge in [0, 0.05) is 10.6 Å². The lowest BCUT2D eigenvalue weighted by atomic mass is 10.2. The number of aromatic nitrogens is 1. The van der Waals surface area contributed by atoms with Crippen LogP contribution < -0.4 is 0 Å². The minimum absolute atomic E-state index is 0.380. The standard InChI is InChI=1S/C14H7Cl2NO2/c15-9-2-3-11(16)10(6-9)14-17-12-5-8(7-18)1-4-13(12)19-14/h1-7H. The Morgan fingerprint density at radius 2 is 1.95 bits per heavy atom. The van der Waals surface area contributed by atoms with Crippen molar-refractivity contribution in [2.75, 3.05) is 0 Å². The Bertz CT molecular complexity index is 780. The Kier molecular flexibility index (Phi) is 3.01. The largest absolute Gasteiger partial charge is 0.436 e. The molecule has 1 heterocycles. The molecule has 0 N–H and O–H groups in total. The van der Waals surface area contributed by atoms with E-state index in [9.17, 15) is 4.79 Å². The van der Waals surface area contributed by atoms with E-state index in [1.54, 1.807) is 36.4 Å². The molecule has 0 saturated carbocycles. The molecule has 19 heavy (non-hydrogen) atoms. The molecule has 0 atom stereocenters. The number of nitrogens with zero attached hydrogens (tertiary/aromatic N) is 1. The summed E-state index contributed by atoms with van der Waals surface area (Å²) < 4.78 is 5.62. The monoisotopic (exact) mass is 291 g/mol. The van der Waals surface area contributed by atoms with Gasteiger partial charge in [0.2, 0.25) is 5.89 Å². The fraction of sp³-hybridized carbons (Fsp3) is 0. The zero-order valence-electron chi connectivity index (χ0n) is 9.56. The van der Waals surface area contributed by atoms with Crippen molar-refractivity contribution >= 4 is 40.6 Å². The summed E-state index contributed by atoms with van der Waals surface area (Å²) in [5.74, 6) is 0.380. The van der Waals surface area contributed by atoms with Crippen LogP contribution in [0.4, 0.5) is 0 Å². The number of rotatable bonds is 2. The van der Waals surface area contributed by atoms with Crippen LogP contribution in [0.2, 0.25) is 10.0 Å². The molecule has 0 spiro atoms. The molecular formula is C14H7Cl2NO2. The van der Waals surface area contributed by atoms with Crippen molar-refractivity contribution in [2.24, 2.45) is 0 Å². The van der Waals surface area contributed by atoms with Gasteiger partial charge in [0.25, 0.3) is 0 Å². The van der Waals surface area contributed by atoms with Crippen LogP contribution in [0.5, 0.6) is 0 Å². The number of hydrogen-bond acceptors (Lipinski definition) is 3. The predicted molar refractivity (Wildman–Crippen MR) is 74.9 cm³/mol. The third kappa shape index (κ3) is 2.23. The molecule has 0 aliphatic heterocycles. The molecule has 0 aliphatic rings. The molecular weight excluding hydrogens is 285 g/mol. The van der Waals surface area contributed by atoms with Crippen molar-refractivity contribution < 1.29 is 9.21 Å². The highest BCUT2D eigenvalue weighted by Gasteiger charge is 2.12. The van der Waals surface area contributed by atoms with Gasteiger partial charge in [-0.15, -0.1) is 0 Å². The van der Waals surface area contributed by atoms with Gasteiger partial charge in [-0.25, -0.2) is 4.98 Å². The van der Waals surface area contributed by atoms with E-state index in [0.717, 1.165) is 6.29 Å². The molecule has 3 rings (SSSR count). The van der Waals surface area contributed by atoms with E-state index in [0.29, 0.717) is 38.2 Å². The molecule has 5 heteroatoms. The summed E-state index contributed by atoms with van der Waals surface area (Å²) in [5, 5.41) is 1.06. The van der Waals surface area contributed by atoms with E-state index in [1.165, 1.54) is 0 Å². The van der Waals surface area contributed by atoms with E-state index in [4.69, 9.17) is 27.6 Å². The Labute approximate surface area is 118 Å². The average Bonchev–Trinajstić information content (AvgIpc) is 2.83. The summed E-state index contributed by atoms with van der Waals surface area (Å²) in [7, 11) is 0. The van der Waals surface area contributed by atoms with Gasteiger partial charge >= 0.3 is 0 Å². The summed E-state index contributed by atoms with van der Waals surface area (Å²) in [6, 6.07) is 10.1. The quantitative estimate of drug-likeness (QED) is 0.647. The highest BCUT2D eigenvalue weighted by molar-refractivity contribution is 6.35. The topological polar surface area (TPSA) is 43.1 Å². The van der Waals surface area contributed by atoms with Crippen LogP contribution >= 0.6 is 23.2 Å². The van der Waals surface area contributed by atoms with Crippen LogP contribution in [0.3, 0.4) is 0 Å². The van der Waals surface area contributed by atoms with Crippen molar-refractivity contribution in [1.29, 1.82) is 0 Å². The van der Waals surface area contributed by atoms with Gasteiger partial charge in [-0.1, -0.05) is 23.2 Å². The van der Waals surface area contributed by atoms with E-state index < -0.39 is 0 Å². The Morgan fingerprint density at radius 1 is 1.11 bits per heavy atom. The summed E-state index contributed by atoms with van der Waals surface area (Å²) in [6.45, 7) is 0. The second-order valence-corrected chi connectivity index (χ2v) is 4.83. The lowest BCUT2D eigenvalue weighted by molar-refractivity contribution is 0.112. The summed E-state index contributed by atoms with van der Waals surface area (Å²) in [5.41, 5.74) is 2.37. The van der Waals surface area contributed by atoms with Gasteiger partial charge in [-0.05, 0) is 36.4 Å². The number of halogens is 2. The zero-order chi connectivity index (χ0) is 13.4. The van der Waals surface area contributed by atoms with Crippen LogP contribution in [-0.4, -0.2) is 11.3 Å². The Morgan fingerprint density at radius 3 is 2.74 bits per heavy atom. The van der Waals surface area contributed by atoms with Gasteiger partial charge < -0.3 is 4.42 Å². The number of carbonyl (C=O) groups is 1. The molecule has 0 radical (unpaired) electrons. The van der Waals surface area contributed by atoms with Gasteiger partial charge in [0.05, 0.1) is 10.6 Å². The van der Waals surface area contributed by atoms with Gasteiger partial charge in [-0.3, -0.25) is 4.79 Å². The smallest absolute Gasteiger partial charge is 0.228 e. The summed E-state index contributed by atoms with van der Waals surface area (Å²) in [6.07, 6.45) is 0.764. The first kappa shape index (κ1) is 12.2. The number of hydrogen-bond donors (Lipinski definition) is 0. The maximum Gasteiger partial charge on any atom is 0.228 e. The second kappa shape index (κ2) is 4.68. The molecule has 0 bridgehead atoms. The highest BCUT2D eigenvalue weighted by Crippen LogP contribution is 2.32. The van der Waals surface area contributed by atoms with Gasteiger partial charge in [-0.2, -0.15) is 0 Å². The maximum absolute atomic E-state index is 10.7. The lowest BCUT2D eigenvalue weighted by Gasteiger charge is -1.99. The maximum atomic E-state index is 10.7. The predicted octanol–water partition coefficient (Wildman–Crippen LogP) is 4.61. The zero-order valence-corrected chi connectivity index (χ0v) is 11.1. The molecule has 3 aromatic rings. The molecule has 0 fully saturated rings. The molecule has 0 aliphatic carbocycles. The second-order valence-electron chi connectivity index (χ2n) is 3.99. The molecule has 0 unspecified atom stereocenters. The molecule has 3 nitrogen and oxygen atoms in total. The van der Waals surface area contributed by atoms with Crippen LogP contribution in [0.15, 0.2) is 40.8 Å². The van der Waals surface area contributed by atoms with E-state index in [1.807, 2.05) is 0 Å². The molecule has 1 aromatic heterocycles. The summed E-state index contributed by atoms with van der Waals surface area (Å²) in [4.78, 5) is 15.1. The Balaban J connectivity index is 2.20. The summed E-state index contributed by atoms with van der Waals surface area (Å²) >= 11 is 12.0. The van der Waals surface area contributed by atoms with Gasteiger partial charge in [0.1, 0.15) is 11.8 Å². The highest BCUT2D eigenvalue weighted by atomic mass is 35.5. The van der Waals surface area contributed by atoms with E-state index in [-0.39, 0.29) is 0 Å². The first-order chi connectivity index (χ1) is 9.17. The van der Waals surface area contributed by atoms with Crippen LogP contribution in [0.25, 0.3) is 22.6 Å². The van der Waals surface area contributed by atoms with Crippen LogP contribution in [-0.2, 0) is 0 Å². The van der Waals surface area contributed by atoms with Crippen LogP contribution in [0.1, 0.15) is 10.4 Å². The first-order valence-electron chi connectivity index (χ1n) is 5.48. The van der Waals surface area contributed by atoms with Crippen molar-refractivity contribution in [3.05, 3.63) is 52.0 Å². The molecule has 2 aromatic carbocycles. The van der Waals surface area contributed by atoms with E-state index in [2.05, 4.69) is 4.98 Å². The van der Waals surface area contributed by atoms with Gasteiger partial charge in [0.15, 0.2) is 5.58 Å². The van der Waals surface area contributed by atoms with Crippen LogP contribution in [0, 0.1) is 0 Å². The number of oxazole rings is 1. The Hall–Kier alpha value is -1.84. The lowest BCUT2D eigenvalue weighted by Crippen LogP contribution is -1.80. The molecule has 0 saturated heterocycles. The molecule has 94 valence electrons. The number of benzene rings is 2. The fourth-order valence-corrected chi connectivity index (χ4v) is 2.16. The van der Waals surface area contributed by atoms with E-state index >= 15 is 0 Å². The average molecular weight is 292 g/mol. The van der Waals surface area contributed by atoms with Crippen molar-refractivity contribution in [3.8, 4) is 11.5 Å². The van der Waals surface area contributed by atoms with Crippen molar-refractivity contribution in [1.82, 2.24) is 4.98 Å².